The highest BCUT2D eigenvalue weighted by Gasteiger charge is 2.04. The smallest absolute Gasteiger partial charge is 0.234 e. The predicted molar refractivity (Wildman–Crippen MR) is 51.1 cm³/mol. The summed E-state index contributed by atoms with van der Waals surface area (Å²) in [4.78, 5) is 11.0. The second-order valence-electron chi connectivity index (χ2n) is 3.14. The van der Waals surface area contributed by atoms with Gasteiger partial charge in [-0.1, -0.05) is 19.8 Å². The van der Waals surface area contributed by atoms with Crippen molar-refractivity contribution in [2.24, 2.45) is 0 Å². The molecule has 0 aromatic heterocycles. The van der Waals surface area contributed by atoms with E-state index in [0.29, 0.717) is 12.6 Å². The average Bonchev–Trinajstić information content (AvgIpc) is 2.01. The minimum atomic E-state index is 0.0844. The van der Waals surface area contributed by atoms with Crippen molar-refractivity contribution in [2.45, 2.75) is 39.2 Å². The van der Waals surface area contributed by atoms with Gasteiger partial charge in [0, 0.05) is 6.04 Å². The van der Waals surface area contributed by atoms with Gasteiger partial charge in [-0.3, -0.25) is 4.79 Å². The molecule has 0 rings (SSSR count). The summed E-state index contributed by atoms with van der Waals surface area (Å²) >= 11 is 0. The number of hydrogen-bond donors (Lipinski definition) is 2. The molecule has 1 amide bonds. The number of amides is 1. The van der Waals surface area contributed by atoms with Crippen LogP contribution in [0.25, 0.3) is 0 Å². The molecule has 0 aromatic carbocycles. The molecule has 0 saturated carbocycles. The molecule has 0 saturated heterocycles. The zero-order valence-electron chi connectivity index (χ0n) is 8.31. The van der Waals surface area contributed by atoms with E-state index in [-0.39, 0.29) is 5.91 Å². The highest BCUT2D eigenvalue weighted by Crippen LogP contribution is 1.98. The number of likely N-dealkylation sites (N-methyl/N-ethyl adjacent to an activating group) is 1. The average molecular weight is 172 g/mol. The summed E-state index contributed by atoms with van der Waals surface area (Å²) < 4.78 is 0. The molecule has 0 aliphatic carbocycles. The van der Waals surface area contributed by atoms with Gasteiger partial charge in [0.1, 0.15) is 0 Å². The van der Waals surface area contributed by atoms with Crippen LogP contribution in [0.4, 0.5) is 0 Å². The number of nitrogens with one attached hydrogen (secondary N) is 2. The SMILES string of the molecule is CCCCC(C)NC(=O)CNC. The fraction of sp³-hybridized carbons (Fsp3) is 0.889. The zero-order chi connectivity index (χ0) is 9.40. The second-order valence-corrected chi connectivity index (χ2v) is 3.14. The van der Waals surface area contributed by atoms with Gasteiger partial charge in [0.2, 0.25) is 5.91 Å². The normalized spacial score (nSPS) is 12.6. The quantitative estimate of drug-likeness (QED) is 0.625. The minimum absolute atomic E-state index is 0.0844. The molecule has 0 aliphatic heterocycles. The Balaban J connectivity index is 3.40. The van der Waals surface area contributed by atoms with E-state index in [4.69, 9.17) is 0 Å². The van der Waals surface area contributed by atoms with Crippen molar-refractivity contribution in [3.63, 3.8) is 0 Å². The number of rotatable bonds is 6. The lowest BCUT2D eigenvalue weighted by molar-refractivity contribution is -0.120. The van der Waals surface area contributed by atoms with Crippen molar-refractivity contribution in [3.05, 3.63) is 0 Å². The molecule has 0 heterocycles. The lowest BCUT2D eigenvalue weighted by atomic mass is 10.1. The summed E-state index contributed by atoms with van der Waals surface area (Å²) in [5.74, 6) is 0.0844. The van der Waals surface area contributed by atoms with Crippen LogP contribution in [0.5, 0.6) is 0 Å². The number of unbranched alkanes of at least 4 members (excludes halogenated alkanes) is 1. The molecule has 3 nitrogen and oxygen atoms in total. The summed E-state index contributed by atoms with van der Waals surface area (Å²) in [6.45, 7) is 4.61. The first-order valence-electron chi connectivity index (χ1n) is 4.64. The lowest BCUT2D eigenvalue weighted by Gasteiger charge is -2.12. The van der Waals surface area contributed by atoms with Gasteiger partial charge in [0.25, 0.3) is 0 Å². The standard InChI is InChI=1S/C9H20N2O/c1-4-5-6-8(2)11-9(12)7-10-3/h8,10H,4-7H2,1-3H3,(H,11,12). The molecule has 0 bridgehead atoms. The van der Waals surface area contributed by atoms with E-state index in [1.807, 2.05) is 6.92 Å². The van der Waals surface area contributed by atoms with Crippen LogP contribution in [-0.4, -0.2) is 25.5 Å². The van der Waals surface area contributed by atoms with Crippen molar-refractivity contribution < 1.29 is 4.79 Å². The molecule has 72 valence electrons. The molecule has 0 spiro atoms. The maximum absolute atomic E-state index is 11.0. The van der Waals surface area contributed by atoms with Crippen molar-refractivity contribution in [2.75, 3.05) is 13.6 Å². The van der Waals surface area contributed by atoms with E-state index in [2.05, 4.69) is 17.6 Å². The molecule has 0 radical (unpaired) electrons. The van der Waals surface area contributed by atoms with E-state index in [0.717, 1.165) is 6.42 Å². The molecule has 1 atom stereocenters. The van der Waals surface area contributed by atoms with Crippen molar-refractivity contribution in [1.82, 2.24) is 10.6 Å². The van der Waals surface area contributed by atoms with Gasteiger partial charge in [0.05, 0.1) is 6.54 Å². The highest BCUT2D eigenvalue weighted by atomic mass is 16.1. The minimum Gasteiger partial charge on any atom is -0.353 e. The Labute approximate surface area is 74.9 Å². The maximum Gasteiger partial charge on any atom is 0.234 e. The van der Waals surface area contributed by atoms with Crippen LogP contribution in [0.1, 0.15) is 33.1 Å². The van der Waals surface area contributed by atoms with Crippen molar-refractivity contribution in [1.29, 1.82) is 0 Å². The molecule has 2 N–H and O–H groups in total. The van der Waals surface area contributed by atoms with Crippen LogP contribution in [-0.2, 0) is 4.79 Å². The topological polar surface area (TPSA) is 41.1 Å². The van der Waals surface area contributed by atoms with Gasteiger partial charge in [-0.2, -0.15) is 0 Å². The van der Waals surface area contributed by atoms with Crippen LogP contribution in [0.2, 0.25) is 0 Å². The molecule has 3 heteroatoms. The molecule has 0 aromatic rings. The third-order valence-corrected chi connectivity index (χ3v) is 1.74. The Morgan fingerprint density at radius 2 is 2.17 bits per heavy atom. The van der Waals surface area contributed by atoms with E-state index in [9.17, 15) is 4.79 Å². The van der Waals surface area contributed by atoms with Crippen LogP contribution in [0.15, 0.2) is 0 Å². The summed E-state index contributed by atoms with van der Waals surface area (Å²) in [7, 11) is 1.77. The van der Waals surface area contributed by atoms with E-state index in [1.165, 1.54) is 12.8 Å². The van der Waals surface area contributed by atoms with Crippen LogP contribution < -0.4 is 10.6 Å². The van der Waals surface area contributed by atoms with Crippen LogP contribution in [0.3, 0.4) is 0 Å². The predicted octanol–water partition coefficient (Wildman–Crippen LogP) is 0.901. The van der Waals surface area contributed by atoms with Crippen LogP contribution in [0, 0.1) is 0 Å². The molecular weight excluding hydrogens is 152 g/mol. The molecule has 0 aliphatic rings. The largest absolute Gasteiger partial charge is 0.353 e. The fourth-order valence-electron chi connectivity index (χ4n) is 1.07. The van der Waals surface area contributed by atoms with Crippen LogP contribution >= 0.6 is 0 Å². The highest BCUT2D eigenvalue weighted by molar-refractivity contribution is 5.78. The maximum atomic E-state index is 11.0. The van der Waals surface area contributed by atoms with Gasteiger partial charge >= 0.3 is 0 Å². The number of hydrogen-bond acceptors (Lipinski definition) is 2. The van der Waals surface area contributed by atoms with Gasteiger partial charge in [0.15, 0.2) is 0 Å². The number of carbonyl (C=O) groups excluding carboxylic acids is 1. The third kappa shape index (κ3) is 6.16. The fourth-order valence-corrected chi connectivity index (χ4v) is 1.07. The molecule has 12 heavy (non-hydrogen) atoms. The Kier molecular flexibility index (Phi) is 6.76. The van der Waals surface area contributed by atoms with Gasteiger partial charge in [-0.25, -0.2) is 0 Å². The molecule has 1 unspecified atom stereocenters. The summed E-state index contributed by atoms with van der Waals surface area (Å²) in [5.41, 5.74) is 0. The second kappa shape index (κ2) is 7.10. The monoisotopic (exact) mass is 172 g/mol. The third-order valence-electron chi connectivity index (χ3n) is 1.74. The van der Waals surface area contributed by atoms with Gasteiger partial charge < -0.3 is 10.6 Å². The van der Waals surface area contributed by atoms with E-state index >= 15 is 0 Å². The van der Waals surface area contributed by atoms with Gasteiger partial charge in [-0.05, 0) is 20.4 Å². The summed E-state index contributed by atoms with van der Waals surface area (Å²) in [5, 5.41) is 5.73. The number of carbonyl (C=O) groups is 1. The Bertz CT molecular complexity index is 126. The molecular formula is C9H20N2O. The van der Waals surface area contributed by atoms with Crippen molar-refractivity contribution in [3.8, 4) is 0 Å². The Morgan fingerprint density at radius 3 is 2.67 bits per heavy atom. The zero-order valence-corrected chi connectivity index (χ0v) is 8.31. The lowest BCUT2D eigenvalue weighted by Crippen LogP contribution is -2.37. The summed E-state index contributed by atoms with van der Waals surface area (Å²) in [6.07, 6.45) is 3.44. The first-order chi connectivity index (χ1) is 5.70. The van der Waals surface area contributed by atoms with E-state index < -0.39 is 0 Å². The van der Waals surface area contributed by atoms with E-state index in [1.54, 1.807) is 7.05 Å². The summed E-state index contributed by atoms with van der Waals surface area (Å²) in [6, 6.07) is 0.311. The van der Waals surface area contributed by atoms with Gasteiger partial charge in [-0.15, -0.1) is 0 Å². The first-order valence-corrected chi connectivity index (χ1v) is 4.64. The molecule has 0 fully saturated rings. The Morgan fingerprint density at radius 1 is 1.50 bits per heavy atom. The first kappa shape index (κ1) is 11.4. The Hall–Kier alpha value is -0.570. The van der Waals surface area contributed by atoms with Crippen molar-refractivity contribution >= 4 is 5.91 Å².